The summed E-state index contributed by atoms with van der Waals surface area (Å²) < 4.78 is 24.1. The zero-order valence-electron chi connectivity index (χ0n) is 21.9. The van der Waals surface area contributed by atoms with Crippen molar-refractivity contribution in [3.05, 3.63) is 75.0 Å². The van der Waals surface area contributed by atoms with Gasteiger partial charge in [0.25, 0.3) is 5.91 Å². The van der Waals surface area contributed by atoms with E-state index in [-0.39, 0.29) is 36.0 Å². The van der Waals surface area contributed by atoms with Crippen molar-refractivity contribution in [1.82, 2.24) is 14.8 Å². The minimum absolute atomic E-state index is 0.0543. The molecule has 2 aliphatic heterocycles. The molecule has 1 unspecified atom stereocenters. The molecular formula is C29H32FN3O4S. The second-order valence-corrected chi connectivity index (χ2v) is 10.7. The molecule has 0 spiro atoms. The number of hydrogen-bond donors (Lipinski definition) is 0. The summed E-state index contributed by atoms with van der Waals surface area (Å²) in [6.07, 6.45) is 2.64. The Hall–Kier alpha value is -3.46. The highest BCUT2D eigenvalue weighted by Crippen LogP contribution is 2.39. The Morgan fingerprint density at radius 3 is 2.42 bits per heavy atom. The molecule has 9 heteroatoms. The number of carbonyl (C=O) groups excluding carboxylic acids is 2. The molecule has 2 amide bonds. The van der Waals surface area contributed by atoms with Crippen molar-refractivity contribution in [2.24, 2.45) is 0 Å². The summed E-state index contributed by atoms with van der Waals surface area (Å²) in [6, 6.07) is 9.94. The molecule has 0 bridgehead atoms. The van der Waals surface area contributed by atoms with Crippen LogP contribution in [0, 0.1) is 5.82 Å². The van der Waals surface area contributed by atoms with E-state index in [2.05, 4.69) is 0 Å². The van der Waals surface area contributed by atoms with Crippen LogP contribution >= 0.6 is 11.3 Å². The predicted molar refractivity (Wildman–Crippen MR) is 143 cm³/mol. The highest BCUT2D eigenvalue weighted by atomic mass is 32.1. The smallest absolute Gasteiger partial charge is 0.273 e. The summed E-state index contributed by atoms with van der Waals surface area (Å²) in [5, 5.41) is 2.82. The van der Waals surface area contributed by atoms with Gasteiger partial charge < -0.3 is 19.3 Å². The van der Waals surface area contributed by atoms with E-state index in [1.54, 1.807) is 26.4 Å². The molecule has 0 saturated carbocycles. The fourth-order valence-electron chi connectivity index (χ4n) is 5.41. The Kier molecular flexibility index (Phi) is 7.65. The summed E-state index contributed by atoms with van der Waals surface area (Å²) in [4.78, 5) is 34.7. The number of amides is 2. The van der Waals surface area contributed by atoms with Gasteiger partial charge in [-0.3, -0.25) is 9.59 Å². The van der Waals surface area contributed by atoms with Crippen molar-refractivity contribution in [2.45, 2.75) is 44.6 Å². The molecule has 1 saturated heterocycles. The first-order valence-corrected chi connectivity index (χ1v) is 13.8. The number of rotatable bonds is 6. The van der Waals surface area contributed by atoms with Gasteiger partial charge in [-0.05, 0) is 67.1 Å². The van der Waals surface area contributed by atoms with Crippen LogP contribution < -0.4 is 9.47 Å². The summed E-state index contributed by atoms with van der Waals surface area (Å²) in [5.41, 5.74) is 3.53. The van der Waals surface area contributed by atoms with Gasteiger partial charge in [0.05, 0.1) is 31.7 Å². The number of likely N-dealkylation sites (tertiary alicyclic amines) is 1. The van der Waals surface area contributed by atoms with Gasteiger partial charge in [0, 0.05) is 30.9 Å². The molecule has 3 heterocycles. The molecule has 0 N–H and O–H groups in total. The number of piperidine rings is 1. The summed E-state index contributed by atoms with van der Waals surface area (Å²) in [6.45, 7) is 3.95. The second kappa shape index (κ2) is 11.1. The van der Waals surface area contributed by atoms with E-state index in [4.69, 9.17) is 14.5 Å². The van der Waals surface area contributed by atoms with Crippen LogP contribution in [0.15, 0.2) is 41.8 Å². The molecule has 1 fully saturated rings. The van der Waals surface area contributed by atoms with Crippen molar-refractivity contribution >= 4 is 23.2 Å². The Labute approximate surface area is 226 Å². The standard InChI is InChI=1S/C29H32FN3O4S/c1-18-23-16-26(37-3)25(36-2)15-21(23)10-13-33(18)29(35)24-17-38-28(31-24)20-8-11-32(12-9-20)27(34)14-19-4-6-22(30)7-5-19/h4-7,15-18,20H,8-14H2,1-3H3. The topological polar surface area (TPSA) is 72.0 Å². The van der Waals surface area contributed by atoms with Crippen molar-refractivity contribution in [3.63, 3.8) is 0 Å². The molecule has 0 aliphatic carbocycles. The van der Waals surface area contributed by atoms with Crippen LogP contribution in [0.1, 0.15) is 63.9 Å². The first-order chi connectivity index (χ1) is 18.4. The number of fused-ring (bicyclic) bond motifs is 1. The van der Waals surface area contributed by atoms with Crippen LogP contribution in [-0.2, 0) is 17.6 Å². The minimum Gasteiger partial charge on any atom is -0.493 e. The molecule has 200 valence electrons. The first kappa shape index (κ1) is 26.2. The van der Waals surface area contributed by atoms with Gasteiger partial charge in [-0.1, -0.05) is 12.1 Å². The van der Waals surface area contributed by atoms with Gasteiger partial charge in [-0.2, -0.15) is 0 Å². The molecule has 3 aromatic rings. The average molecular weight is 538 g/mol. The van der Waals surface area contributed by atoms with E-state index in [1.807, 2.05) is 34.2 Å². The zero-order chi connectivity index (χ0) is 26.8. The summed E-state index contributed by atoms with van der Waals surface area (Å²) in [7, 11) is 3.24. The maximum Gasteiger partial charge on any atom is 0.273 e. The van der Waals surface area contributed by atoms with Gasteiger partial charge in [0.15, 0.2) is 11.5 Å². The van der Waals surface area contributed by atoms with Crippen LogP contribution in [-0.4, -0.2) is 60.5 Å². The SMILES string of the molecule is COc1cc2c(cc1OC)C(C)N(C(=O)c1csc(C3CCN(C(=O)Cc4ccc(F)cc4)CC3)n1)CC2. The predicted octanol–water partition coefficient (Wildman–Crippen LogP) is 5.01. The molecule has 5 rings (SSSR count). The van der Waals surface area contributed by atoms with Crippen molar-refractivity contribution in [1.29, 1.82) is 0 Å². The monoisotopic (exact) mass is 537 g/mol. The number of thiazole rings is 1. The molecule has 2 aliphatic rings. The number of halogens is 1. The van der Waals surface area contributed by atoms with Crippen LogP contribution in [0.5, 0.6) is 11.5 Å². The third-order valence-corrected chi connectivity index (χ3v) is 8.66. The van der Waals surface area contributed by atoms with E-state index in [1.165, 1.54) is 29.0 Å². The highest BCUT2D eigenvalue weighted by Gasteiger charge is 2.32. The third-order valence-electron chi connectivity index (χ3n) is 7.65. The van der Waals surface area contributed by atoms with Gasteiger partial charge in [0.1, 0.15) is 11.5 Å². The fraction of sp³-hybridized carbons (Fsp3) is 0.414. The van der Waals surface area contributed by atoms with Gasteiger partial charge >= 0.3 is 0 Å². The van der Waals surface area contributed by atoms with E-state index < -0.39 is 0 Å². The van der Waals surface area contributed by atoms with Crippen molar-refractivity contribution < 1.29 is 23.5 Å². The van der Waals surface area contributed by atoms with Crippen LogP contribution in [0.3, 0.4) is 0 Å². The van der Waals surface area contributed by atoms with E-state index in [0.29, 0.717) is 36.8 Å². The third kappa shape index (κ3) is 5.25. The summed E-state index contributed by atoms with van der Waals surface area (Å²) >= 11 is 1.53. The normalized spacial score (nSPS) is 17.7. The highest BCUT2D eigenvalue weighted by molar-refractivity contribution is 7.09. The number of hydrogen-bond acceptors (Lipinski definition) is 6. The number of nitrogens with zero attached hydrogens (tertiary/aromatic N) is 3. The Balaban J connectivity index is 1.20. The molecule has 7 nitrogen and oxygen atoms in total. The maximum atomic E-state index is 13.5. The van der Waals surface area contributed by atoms with E-state index >= 15 is 0 Å². The van der Waals surface area contributed by atoms with Gasteiger partial charge in [-0.15, -0.1) is 11.3 Å². The van der Waals surface area contributed by atoms with Crippen molar-refractivity contribution in [2.75, 3.05) is 33.9 Å². The lowest BCUT2D eigenvalue weighted by Crippen LogP contribution is -2.39. The fourth-order valence-corrected chi connectivity index (χ4v) is 6.37. The molecule has 1 atom stereocenters. The number of aromatic nitrogens is 1. The lowest BCUT2D eigenvalue weighted by molar-refractivity contribution is -0.131. The molecule has 38 heavy (non-hydrogen) atoms. The quantitative estimate of drug-likeness (QED) is 0.442. The first-order valence-electron chi connectivity index (χ1n) is 12.9. The second-order valence-electron chi connectivity index (χ2n) is 9.86. The maximum absolute atomic E-state index is 13.5. The number of methoxy groups -OCH3 is 2. The molecule has 2 aromatic carbocycles. The zero-order valence-corrected chi connectivity index (χ0v) is 22.7. The van der Waals surface area contributed by atoms with E-state index in [0.717, 1.165) is 35.4 Å². The number of carbonyl (C=O) groups is 2. The average Bonchev–Trinajstić information content (AvgIpc) is 3.44. The lowest BCUT2D eigenvalue weighted by atomic mass is 9.92. The number of ether oxygens (including phenoxy) is 2. The van der Waals surface area contributed by atoms with Crippen LogP contribution in [0.4, 0.5) is 4.39 Å². The van der Waals surface area contributed by atoms with E-state index in [9.17, 15) is 14.0 Å². The summed E-state index contributed by atoms with van der Waals surface area (Å²) in [5.74, 6) is 1.28. The van der Waals surface area contributed by atoms with Gasteiger partial charge in [0.2, 0.25) is 5.91 Å². The van der Waals surface area contributed by atoms with Crippen molar-refractivity contribution in [3.8, 4) is 11.5 Å². The van der Waals surface area contributed by atoms with Gasteiger partial charge in [-0.25, -0.2) is 9.37 Å². The number of benzene rings is 2. The Bertz CT molecular complexity index is 1320. The van der Waals surface area contributed by atoms with Crippen LogP contribution in [0.2, 0.25) is 0 Å². The largest absolute Gasteiger partial charge is 0.493 e. The Morgan fingerprint density at radius 2 is 1.74 bits per heavy atom. The molecule has 1 aromatic heterocycles. The van der Waals surface area contributed by atoms with Crippen LogP contribution in [0.25, 0.3) is 0 Å². The minimum atomic E-state index is -0.302. The molecule has 0 radical (unpaired) electrons. The lowest BCUT2D eigenvalue weighted by Gasteiger charge is -2.35. The Morgan fingerprint density at radius 1 is 1.05 bits per heavy atom. The molecular weight excluding hydrogens is 505 g/mol.